The number of hydrogen-bond donors (Lipinski definition) is 0. The molecule has 6 aromatic carbocycles. The Labute approximate surface area is 277 Å². The fourth-order valence-electron chi connectivity index (χ4n) is 7.74. The second kappa shape index (κ2) is 11.0. The number of fused-ring (bicyclic) bond motifs is 6. The van der Waals surface area contributed by atoms with E-state index in [9.17, 15) is 9.59 Å². The fraction of sp³-hybridized carbons (Fsp3) is 0.0455. The van der Waals surface area contributed by atoms with Crippen molar-refractivity contribution in [2.75, 3.05) is 0 Å². The third kappa shape index (κ3) is 4.24. The van der Waals surface area contributed by atoms with Crippen molar-refractivity contribution in [1.82, 2.24) is 0 Å². The first-order chi connectivity index (χ1) is 23.2. The summed E-state index contributed by atoms with van der Waals surface area (Å²) >= 11 is 1.37. The maximum Gasteiger partial charge on any atom is 0.203 e. The summed E-state index contributed by atoms with van der Waals surface area (Å²) in [5.74, 6) is -0.539. The third-order valence-electron chi connectivity index (χ3n) is 9.71. The zero-order chi connectivity index (χ0) is 31.5. The molecule has 0 saturated heterocycles. The largest absolute Gasteiger partial charge is 0.288 e. The lowest BCUT2D eigenvalue weighted by atomic mass is 9.78. The molecule has 2 aliphatic rings. The van der Waals surface area contributed by atoms with Crippen LogP contribution >= 0.6 is 11.3 Å². The monoisotopic (exact) mass is 620 g/mol. The van der Waals surface area contributed by atoms with Crippen LogP contribution in [0, 0.1) is 0 Å². The second-order valence-corrected chi connectivity index (χ2v) is 13.2. The van der Waals surface area contributed by atoms with E-state index in [1.54, 1.807) is 0 Å². The molecule has 0 aliphatic heterocycles. The van der Waals surface area contributed by atoms with Gasteiger partial charge < -0.3 is 0 Å². The van der Waals surface area contributed by atoms with Gasteiger partial charge in [-0.2, -0.15) is 0 Å². The molecule has 1 aromatic heterocycles. The van der Waals surface area contributed by atoms with Crippen LogP contribution in [-0.2, 0) is 0 Å². The lowest BCUT2D eigenvalue weighted by Crippen LogP contribution is -2.13. The van der Waals surface area contributed by atoms with Gasteiger partial charge in [-0.25, -0.2) is 0 Å². The molecule has 9 rings (SSSR count). The van der Waals surface area contributed by atoms with Gasteiger partial charge in [-0.05, 0) is 55.6 Å². The molecule has 1 heterocycles. The van der Waals surface area contributed by atoms with E-state index in [0.29, 0.717) is 20.9 Å². The maximum atomic E-state index is 14.8. The van der Waals surface area contributed by atoms with Crippen LogP contribution in [-0.4, -0.2) is 11.6 Å². The van der Waals surface area contributed by atoms with Crippen LogP contribution in [0.3, 0.4) is 0 Å². The molecule has 7 aromatic rings. The van der Waals surface area contributed by atoms with Crippen LogP contribution in [0.25, 0.3) is 22.3 Å². The van der Waals surface area contributed by atoms with Crippen molar-refractivity contribution in [3.8, 4) is 22.3 Å². The van der Waals surface area contributed by atoms with Gasteiger partial charge >= 0.3 is 0 Å². The molecule has 3 heteroatoms. The van der Waals surface area contributed by atoms with Gasteiger partial charge in [0.15, 0.2) is 0 Å². The Kier molecular flexibility index (Phi) is 6.48. The highest BCUT2D eigenvalue weighted by molar-refractivity contribution is 7.16. The third-order valence-corrected chi connectivity index (χ3v) is 10.9. The summed E-state index contributed by atoms with van der Waals surface area (Å²) in [6, 6.07) is 53.1. The molecule has 222 valence electrons. The van der Waals surface area contributed by atoms with Crippen molar-refractivity contribution >= 4 is 22.9 Å². The minimum atomic E-state index is -0.214. The standard InChI is InChI=1S/C44H28O2S/c45-41(27-15-3-1-4-16-27)43-39(37-33-23-11-7-19-29(33)30-20-8-12-24-34(30)37)40(44(47-43)42(46)28-17-5-2-6-18-28)38-35-25-13-9-21-31(35)32-22-10-14-26-36(32)38/h1-26,37-38H. The zero-order valence-electron chi connectivity index (χ0n) is 25.4. The Hall–Kier alpha value is -5.64. The first-order valence-electron chi connectivity index (χ1n) is 15.9. The Morgan fingerprint density at radius 1 is 0.362 bits per heavy atom. The molecule has 0 saturated carbocycles. The van der Waals surface area contributed by atoms with Gasteiger partial charge in [0.05, 0.1) is 9.75 Å². The normalized spacial score (nSPS) is 13.1. The topological polar surface area (TPSA) is 34.1 Å². The number of ketones is 2. The summed E-state index contributed by atoms with van der Waals surface area (Å²) in [4.78, 5) is 30.8. The number of benzene rings is 6. The highest BCUT2D eigenvalue weighted by atomic mass is 32.1. The predicted molar refractivity (Wildman–Crippen MR) is 190 cm³/mol. The van der Waals surface area contributed by atoms with Crippen molar-refractivity contribution in [2.24, 2.45) is 0 Å². The van der Waals surface area contributed by atoms with Crippen LogP contribution < -0.4 is 0 Å². The SMILES string of the molecule is O=C(c1ccccc1)c1sc(C(=O)c2ccccc2)c(C2c3ccccc3-c3ccccc32)c1C1c2ccccc2-c2ccccc21. The molecule has 0 fully saturated rings. The quantitative estimate of drug-likeness (QED) is 0.173. The molecule has 0 atom stereocenters. The van der Waals surface area contributed by atoms with Gasteiger partial charge in [-0.15, -0.1) is 11.3 Å². The van der Waals surface area contributed by atoms with Gasteiger partial charge in [0, 0.05) is 23.0 Å². The minimum Gasteiger partial charge on any atom is -0.288 e. The molecular formula is C44H28O2S. The van der Waals surface area contributed by atoms with Crippen molar-refractivity contribution in [3.05, 3.63) is 212 Å². The molecule has 2 aliphatic carbocycles. The maximum absolute atomic E-state index is 14.8. The molecule has 0 spiro atoms. The Morgan fingerprint density at radius 2 is 0.638 bits per heavy atom. The smallest absolute Gasteiger partial charge is 0.203 e. The number of carbonyl (C=O) groups is 2. The van der Waals surface area contributed by atoms with E-state index >= 15 is 0 Å². The summed E-state index contributed by atoms with van der Waals surface area (Å²) in [6.07, 6.45) is 0. The van der Waals surface area contributed by atoms with Gasteiger partial charge in [0.25, 0.3) is 0 Å². The number of carbonyl (C=O) groups excluding carboxylic acids is 2. The lowest BCUT2D eigenvalue weighted by Gasteiger charge is -2.23. The molecular weight excluding hydrogens is 593 g/mol. The van der Waals surface area contributed by atoms with E-state index in [2.05, 4.69) is 97.1 Å². The molecule has 0 N–H and O–H groups in total. The lowest BCUT2D eigenvalue weighted by molar-refractivity contribution is 0.103. The van der Waals surface area contributed by atoms with E-state index < -0.39 is 0 Å². The van der Waals surface area contributed by atoms with Gasteiger partial charge in [0.2, 0.25) is 11.6 Å². The van der Waals surface area contributed by atoms with Crippen LogP contribution in [0.2, 0.25) is 0 Å². The molecule has 2 nitrogen and oxygen atoms in total. The van der Waals surface area contributed by atoms with Gasteiger partial charge in [0.1, 0.15) is 0 Å². The minimum absolute atomic E-state index is 0.0552. The number of hydrogen-bond acceptors (Lipinski definition) is 3. The Morgan fingerprint density at radius 3 is 0.957 bits per heavy atom. The van der Waals surface area contributed by atoms with Crippen LogP contribution in [0.15, 0.2) is 158 Å². The fourth-order valence-corrected chi connectivity index (χ4v) is 9.04. The number of thiophene rings is 1. The highest BCUT2D eigenvalue weighted by Gasteiger charge is 2.42. The van der Waals surface area contributed by atoms with Gasteiger partial charge in [-0.3, -0.25) is 9.59 Å². The molecule has 0 radical (unpaired) electrons. The van der Waals surface area contributed by atoms with Crippen LogP contribution in [0.1, 0.15) is 75.7 Å². The molecule has 0 bridgehead atoms. The molecule has 47 heavy (non-hydrogen) atoms. The Balaban J connectivity index is 1.42. The average Bonchev–Trinajstić information content (AvgIpc) is 3.79. The van der Waals surface area contributed by atoms with Crippen molar-refractivity contribution in [2.45, 2.75) is 11.8 Å². The van der Waals surface area contributed by atoms with Crippen molar-refractivity contribution < 1.29 is 9.59 Å². The number of rotatable bonds is 6. The summed E-state index contributed by atoms with van der Waals surface area (Å²) in [6.45, 7) is 0. The first kappa shape index (κ1) is 27.7. The van der Waals surface area contributed by atoms with E-state index in [-0.39, 0.29) is 23.4 Å². The van der Waals surface area contributed by atoms with E-state index in [4.69, 9.17) is 0 Å². The van der Waals surface area contributed by atoms with E-state index in [1.165, 1.54) is 33.6 Å². The zero-order valence-corrected chi connectivity index (χ0v) is 26.2. The van der Waals surface area contributed by atoms with E-state index in [0.717, 1.165) is 33.4 Å². The average molecular weight is 621 g/mol. The van der Waals surface area contributed by atoms with Gasteiger partial charge in [-0.1, -0.05) is 158 Å². The summed E-state index contributed by atoms with van der Waals surface area (Å²) in [5.41, 5.74) is 12.5. The molecule has 0 amide bonds. The summed E-state index contributed by atoms with van der Waals surface area (Å²) in [5, 5.41) is 0. The van der Waals surface area contributed by atoms with Crippen LogP contribution in [0.5, 0.6) is 0 Å². The molecule has 0 unspecified atom stereocenters. The predicted octanol–water partition coefficient (Wildman–Crippen LogP) is 10.5. The summed E-state index contributed by atoms with van der Waals surface area (Å²) < 4.78 is 0. The van der Waals surface area contributed by atoms with Crippen LogP contribution in [0.4, 0.5) is 0 Å². The Bertz CT molecular complexity index is 2090. The highest BCUT2D eigenvalue weighted by Crippen LogP contribution is 2.57. The summed E-state index contributed by atoms with van der Waals surface area (Å²) in [7, 11) is 0. The van der Waals surface area contributed by atoms with E-state index in [1.807, 2.05) is 60.7 Å². The van der Waals surface area contributed by atoms with Crippen molar-refractivity contribution in [3.63, 3.8) is 0 Å². The first-order valence-corrected chi connectivity index (χ1v) is 16.7. The second-order valence-electron chi connectivity index (χ2n) is 12.2. The van der Waals surface area contributed by atoms with Crippen molar-refractivity contribution in [1.29, 1.82) is 0 Å².